The average Bonchev–Trinajstić information content (AvgIpc) is 2.66. The minimum atomic E-state index is -0.184. The molecule has 5 heteroatoms. The highest BCUT2D eigenvalue weighted by Gasteiger charge is 2.48. The Morgan fingerprint density at radius 1 is 1.64 bits per heavy atom. The summed E-state index contributed by atoms with van der Waals surface area (Å²) in [7, 11) is 1.79. The number of ketones is 1. The van der Waals surface area contributed by atoms with E-state index >= 15 is 0 Å². The van der Waals surface area contributed by atoms with Crippen LogP contribution in [0.25, 0.3) is 0 Å². The van der Waals surface area contributed by atoms with Crippen LogP contribution in [0.2, 0.25) is 0 Å². The van der Waals surface area contributed by atoms with Crippen molar-refractivity contribution in [3.63, 3.8) is 0 Å². The molecule has 3 unspecified atom stereocenters. The molecule has 4 nitrogen and oxygen atoms in total. The Hall–Kier alpha value is -0.550. The molecule has 2 aliphatic heterocycles. The lowest BCUT2D eigenvalue weighted by molar-refractivity contribution is -0.135. The third kappa shape index (κ3) is 1.35. The van der Waals surface area contributed by atoms with Gasteiger partial charge in [0.1, 0.15) is 6.04 Å². The van der Waals surface area contributed by atoms with Crippen LogP contribution in [0.3, 0.4) is 0 Å². The summed E-state index contributed by atoms with van der Waals surface area (Å²) < 4.78 is 0. The SMILES string of the molecule is CNC1CC2SCC(C(C)=O)N2C1=O. The van der Waals surface area contributed by atoms with Crippen LogP contribution >= 0.6 is 11.8 Å². The lowest BCUT2D eigenvalue weighted by Gasteiger charge is -2.21. The fraction of sp³-hybridized carbons (Fsp3) is 0.778. The van der Waals surface area contributed by atoms with E-state index in [0.717, 1.165) is 12.2 Å². The average molecular weight is 214 g/mol. The van der Waals surface area contributed by atoms with E-state index in [9.17, 15) is 9.59 Å². The van der Waals surface area contributed by atoms with Crippen LogP contribution in [0.5, 0.6) is 0 Å². The molecule has 2 fully saturated rings. The van der Waals surface area contributed by atoms with E-state index in [1.807, 2.05) is 0 Å². The van der Waals surface area contributed by atoms with Crippen molar-refractivity contribution in [1.82, 2.24) is 10.2 Å². The van der Waals surface area contributed by atoms with Crippen LogP contribution < -0.4 is 5.32 Å². The number of hydrogen-bond donors (Lipinski definition) is 1. The molecule has 0 saturated carbocycles. The van der Waals surface area contributed by atoms with Crippen LogP contribution in [0.1, 0.15) is 13.3 Å². The van der Waals surface area contributed by atoms with Crippen molar-refractivity contribution in [2.75, 3.05) is 12.8 Å². The minimum absolute atomic E-state index is 0.0858. The summed E-state index contributed by atoms with van der Waals surface area (Å²) >= 11 is 1.72. The Morgan fingerprint density at radius 2 is 2.36 bits per heavy atom. The molecule has 0 spiro atoms. The molecule has 2 heterocycles. The number of rotatable bonds is 2. The van der Waals surface area contributed by atoms with Gasteiger partial charge in [-0.1, -0.05) is 0 Å². The highest BCUT2D eigenvalue weighted by molar-refractivity contribution is 8.00. The van der Waals surface area contributed by atoms with E-state index in [0.29, 0.717) is 0 Å². The number of fused-ring (bicyclic) bond motifs is 1. The van der Waals surface area contributed by atoms with Gasteiger partial charge in [0.05, 0.1) is 11.4 Å². The zero-order valence-corrected chi connectivity index (χ0v) is 9.13. The summed E-state index contributed by atoms with van der Waals surface area (Å²) in [6.07, 6.45) is 0.823. The first-order valence-electron chi connectivity index (χ1n) is 4.76. The molecule has 0 aromatic carbocycles. The second kappa shape index (κ2) is 3.55. The minimum Gasteiger partial charge on any atom is -0.318 e. The van der Waals surface area contributed by atoms with Gasteiger partial charge in [-0.3, -0.25) is 9.59 Å². The highest BCUT2D eigenvalue weighted by atomic mass is 32.2. The van der Waals surface area contributed by atoms with Crippen LogP contribution in [-0.2, 0) is 9.59 Å². The number of nitrogens with zero attached hydrogens (tertiary/aromatic N) is 1. The van der Waals surface area contributed by atoms with Gasteiger partial charge in [-0.2, -0.15) is 0 Å². The van der Waals surface area contributed by atoms with Crippen LogP contribution in [-0.4, -0.2) is 46.8 Å². The molecule has 0 radical (unpaired) electrons. The molecule has 1 amide bonds. The van der Waals surface area contributed by atoms with Gasteiger partial charge < -0.3 is 10.2 Å². The second-order valence-corrected chi connectivity index (χ2v) is 4.95. The molecule has 2 rings (SSSR count). The lowest BCUT2D eigenvalue weighted by atomic mass is 10.2. The summed E-state index contributed by atoms with van der Waals surface area (Å²) in [4.78, 5) is 24.9. The first-order valence-corrected chi connectivity index (χ1v) is 5.81. The first kappa shape index (κ1) is 9.98. The number of carbonyl (C=O) groups is 2. The van der Waals surface area contributed by atoms with Gasteiger partial charge in [0.15, 0.2) is 5.78 Å². The summed E-state index contributed by atoms with van der Waals surface area (Å²) in [6.45, 7) is 1.56. The van der Waals surface area contributed by atoms with Gasteiger partial charge in [0.2, 0.25) is 5.91 Å². The van der Waals surface area contributed by atoms with Gasteiger partial charge in [0.25, 0.3) is 0 Å². The van der Waals surface area contributed by atoms with Gasteiger partial charge in [-0.25, -0.2) is 0 Å². The van der Waals surface area contributed by atoms with Crippen LogP contribution in [0, 0.1) is 0 Å². The molecule has 0 aromatic heterocycles. The predicted molar refractivity (Wildman–Crippen MR) is 55.0 cm³/mol. The summed E-state index contributed by atoms with van der Waals surface area (Å²) in [5.41, 5.74) is 0. The Labute approximate surface area is 87.4 Å². The Balaban J connectivity index is 2.17. The van der Waals surface area contributed by atoms with Crippen molar-refractivity contribution in [1.29, 1.82) is 0 Å². The fourth-order valence-corrected chi connectivity index (χ4v) is 3.62. The van der Waals surface area contributed by atoms with Gasteiger partial charge in [-0.15, -0.1) is 11.8 Å². The molecule has 14 heavy (non-hydrogen) atoms. The van der Waals surface area contributed by atoms with Crippen LogP contribution in [0.4, 0.5) is 0 Å². The molecule has 2 saturated heterocycles. The fourth-order valence-electron chi connectivity index (χ4n) is 2.08. The van der Waals surface area contributed by atoms with E-state index in [2.05, 4.69) is 5.32 Å². The highest BCUT2D eigenvalue weighted by Crippen LogP contribution is 2.37. The monoisotopic (exact) mass is 214 g/mol. The maximum atomic E-state index is 11.8. The van der Waals surface area contributed by atoms with Gasteiger partial charge in [-0.05, 0) is 14.0 Å². The smallest absolute Gasteiger partial charge is 0.241 e. The zero-order chi connectivity index (χ0) is 10.3. The van der Waals surface area contributed by atoms with E-state index in [-0.39, 0.29) is 29.1 Å². The third-order valence-electron chi connectivity index (χ3n) is 2.90. The van der Waals surface area contributed by atoms with Crippen LogP contribution in [0.15, 0.2) is 0 Å². The standard InChI is InChI=1S/C9H14N2O2S/c1-5(12)7-4-14-8-3-6(10-2)9(13)11(7)8/h6-8,10H,3-4H2,1-2H3. The largest absolute Gasteiger partial charge is 0.318 e. The Bertz CT molecular complexity index is 282. The summed E-state index contributed by atoms with van der Waals surface area (Å²) in [5, 5.41) is 3.20. The molecule has 0 aromatic rings. The number of amides is 1. The molecular formula is C9H14N2O2S. The second-order valence-electron chi connectivity index (χ2n) is 3.74. The molecular weight excluding hydrogens is 200 g/mol. The molecule has 3 atom stereocenters. The molecule has 1 N–H and O–H groups in total. The number of hydrogen-bond acceptors (Lipinski definition) is 4. The van der Waals surface area contributed by atoms with Gasteiger partial charge in [0, 0.05) is 12.2 Å². The van der Waals surface area contributed by atoms with Crippen molar-refractivity contribution in [3.05, 3.63) is 0 Å². The maximum absolute atomic E-state index is 11.8. The lowest BCUT2D eigenvalue weighted by Crippen LogP contribution is -2.44. The van der Waals surface area contributed by atoms with E-state index in [1.54, 1.807) is 30.6 Å². The topological polar surface area (TPSA) is 49.4 Å². The summed E-state index contributed by atoms with van der Waals surface area (Å²) in [5.74, 6) is 0.954. The Kier molecular flexibility index (Phi) is 2.53. The molecule has 2 aliphatic rings. The van der Waals surface area contributed by atoms with Crippen molar-refractivity contribution in [2.45, 2.75) is 30.8 Å². The number of Topliss-reactive ketones (excluding diaryl/α,β-unsaturated/α-hetero) is 1. The molecule has 0 aliphatic carbocycles. The zero-order valence-electron chi connectivity index (χ0n) is 8.32. The van der Waals surface area contributed by atoms with Crippen molar-refractivity contribution in [2.24, 2.45) is 0 Å². The quantitative estimate of drug-likeness (QED) is 0.694. The maximum Gasteiger partial charge on any atom is 0.241 e. The van der Waals surface area contributed by atoms with E-state index < -0.39 is 0 Å². The number of nitrogens with one attached hydrogen (secondary N) is 1. The van der Waals surface area contributed by atoms with Crippen molar-refractivity contribution in [3.8, 4) is 0 Å². The Morgan fingerprint density at radius 3 is 2.93 bits per heavy atom. The number of carbonyl (C=O) groups excluding carboxylic acids is 2. The summed E-state index contributed by atoms with van der Waals surface area (Å²) in [6, 6.07) is -0.273. The van der Waals surface area contributed by atoms with Crippen molar-refractivity contribution < 1.29 is 9.59 Å². The van der Waals surface area contributed by atoms with Crippen molar-refractivity contribution >= 4 is 23.5 Å². The normalized spacial score (nSPS) is 36.3. The number of thioether (sulfide) groups is 1. The molecule has 0 bridgehead atoms. The predicted octanol–water partition coefficient (Wildman–Crippen LogP) is -0.163. The third-order valence-corrected chi connectivity index (χ3v) is 4.21. The van der Waals surface area contributed by atoms with E-state index in [1.165, 1.54) is 0 Å². The first-order chi connectivity index (χ1) is 6.65. The van der Waals surface area contributed by atoms with Gasteiger partial charge >= 0.3 is 0 Å². The van der Waals surface area contributed by atoms with E-state index in [4.69, 9.17) is 0 Å². The number of likely N-dealkylation sites (N-methyl/N-ethyl adjacent to an activating group) is 1. The molecule has 78 valence electrons.